The van der Waals surface area contributed by atoms with Crippen LogP contribution in [0.5, 0.6) is 0 Å². The van der Waals surface area contributed by atoms with Gasteiger partial charge in [-0.05, 0) is 13.8 Å². The van der Waals surface area contributed by atoms with Crippen molar-refractivity contribution < 1.29 is 14.3 Å². The minimum absolute atomic E-state index is 0.0499. The molecule has 92 valence electrons. The molecule has 17 heavy (non-hydrogen) atoms. The van der Waals surface area contributed by atoms with E-state index in [9.17, 15) is 4.79 Å². The number of nitrogen functional groups attached to an aromatic ring is 1. The number of rotatable bonds is 5. The summed E-state index contributed by atoms with van der Waals surface area (Å²) in [6.45, 7) is 7.89. The van der Waals surface area contributed by atoms with E-state index in [0.717, 1.165) is 0 Å². The molecule has 1 aromatic rings. The van der Waals surface area contributed by atoms with E-state index in [1.165, 1.54) is 6.20 Å². The van der Waals surface area contributed by atoms with Crippen LogP contribution in [0.4, 0.5) is 5.95 Å². The Kier molecular flexibility index (Phi) is 4.45. The summed E-state index contributed by atoms with van der Waals surface area (Å²) in [5, 5.41) is 0. The van der Waals surface area contributed by atoms with Gasteiger partial charge in [-0.25, -0.2) is 14.8 Å². The number of nitrogens with zero attached hydrogens (tertiary/aromatic N) is 2. The number of esters is 1. The molecule has 0 saturated heterocycles. The summed E-state index contributed by atoms with van der Waals surface area (Å²) in [4.78, 5) is 19.3. The van der Waals surface area contributed by atoms with Crippen molar-refractivity contribution in [2.45, 2.75) is 13.8 Å². The van der Waals surface area contributed by atoms with E-state index in [-0.39, 0.29) is 29.6 Å². The van der Waals surface area contributed by atoms with Crippen LogP contribution in [0.15, 0.2) is 12.8 Å². The highest BCUT2D eigenvalue weighted by atomic mass is 16.5. The van der Waals surface area contributed by atoms with Crippen LogP contribution < -0.4 is 5.73 Å². The van der Waals surface area contributed by atoms with Crippen LogP contribution >= 0.6 is 0 Å². The standard InChI is InChI=1S/C11H15N3O3/c1-4-16-7(3)9-8(10(15)17-5-2)6-13-11(12)14-9/h6H,3-5H2,1-2H3,(H2,12,13,14). The predicted molar refractivity (Wildman–Crippen MR) is 63.1 cm³/mol. The van der Waals surface area contributed by atoms with Gasteiger partial charge in [0.1, 0.15) is 17.0 Å². The molecule has 2 N–H and O–H groups in total. The van der Waals surface area contributed by atoms with Gasteiger partial charge in [-0.15, -0.1) is 0 Å². The summed E-state index contributed by atoms with van der Waals surface area (Å²) < 4.78 is 10.1. The third-order valence-electron chi connectivity index (χ3n) is 1.89. The van der Waals surface area contributed by atoms with Gasteiger partial charge in [0, 0.05) is 6.20 Å². The summed E-state index contributed by atoms with van der Waals surface area (Å²) in [5.41, 5.74) is 5.92. The molecule has 0 fully saturated rings. The zero-order valence-electron chi connectivity index (χ0n) is 9.90. The van der Waals surface area contributed by atoms with Gasteiger partial charge in [0.25, 0.3) is 0 Å². The van der Waals surface area contributed by atoms with Crippen molar-refractivity contribution in [3.8, 4) is 0 Å². The summed E-state index contributed by atoms with van der Waals surface area (Å²) in [6.07, 6.45) is 1.31. The first-order chi connectivity index (χ1) is 8.10. The first-order valence-corrected chi connectivity index (χ1v) is 5.21. The van der Waals surface area contributed by atoms with E-state index in [2.05, 4.69) is 16.5 Å². The van der Waals surface area contributed by atoms with Crippen molar-refractivity contribution in [3.63, 3.8) is 0 Å². The molecule has 1 rings (SSSR count). The highest BCUT2D eigenvalue weighted by Crippen LogP contribution is 2.17. The lowest BCUT2D eigenvalue weighted by Gasteiger charge is -2.10. The molecule has 0 aliphatic rings. The summed E-state index contributed by atoms with van der Waals surface area (Å²) in [6, 6.07) is 0. The fourth-order valence-corrected chi connectivity index (χ4v) is 1.21. The third kappa shape index (κ3) is 3.17. The molecule has 1 heterocycles. The minimum atomic E-state index is -0.525. The molecule has 0 atom stereocenters. The van der Waals surface area contributed by atoms with Gasteiger partial charge in [-0.2, -0.15) is 0 Å². The Hall–Kier alpha value is -2.11. The molecule has 0 aromatic carbocycles. The molecule has 0 aliphatic carbocycles. The van der Waals surface area contributed by atoms with Gasteiger partial charge in [0.05, 0.1) is 13.2 Å². The number of carbonyl (C=O) groups excluding carboxylic acids is 1. The Balaban J connectivity index is 3.11. The largest absolute Gasteiger partial charge is 0.492 e. The third-order valence-corrected chi connectivity index (χ3v) is 1.89. The van der Waals surface area contributed by atoms with E-state index in [0.29, 0.717) is 6.61 Å². The van der Waals surface area contributed by atoms with E-state index >= 15 is 0 Å². The Morgan fingerprint density at radius 1 is 1.41 bits per heavy atom. The number of nitrogens with two attached hydrogens (primary N) is 1. The smallest absolute Gasteiger partial charge is 0.342 e. The van der Waals surface area contributed by atoms with Crippen molar-refractivity contribution in [3.05, 3.63) is 24.0 Å². The van der Waals surface area contributed by atoms with Crippen LogP contribution in [-0.4, -0.2) is 29.2 Å². The molecule has 0 spiro atoms. The average molecular weight is 237 g/mol. The maximum atomic E-state index is 11.6. The molecule has 0 saturated carbocycles. The first-order valence-electron chi connectivity index (χ1n) is 5.21. The Labute approximate surface area is 99.5 Å². The molecule has 0 bridgehead atoms. The molecule has 6 heteroatoms. The van der Waals surface area contributed by atoms with Crippen molar-refractivity contribution in [2.75, 3.05) is 18.9 Å². The quantitative estimate of drug-likeness (QED) is 0.612. The molecule has 1 aromatic heterocycles. The van der Waals surface area contributed by atoms with Crippen molar-refractivity contribution >= 4 is 17.7 Å². The number of hydrogen-bond acceptors (Lipinski definition) is 6. The average Bonchev–Trinajstić information content (AvgIpc) is 2.29. The molecule has 6 nitrogen and oxygen atoms in total. The summed E-state index contributed by atoms with van der Waals surface area (Å²) >= 11 is 0. The fraction of sp³-hybridized carbons (Fsp3) is 0.364. The van der Waals surface area contributed by atoms with Crippen LogP contribution in [0, 0.1) is 0 Å². The Morgan fingerprint density at radius 2 is 2.06 bits per heavy atom. The second-order valence-electron chi connectivity index (χ2n) is 3.07. The molecule has 0 radical (unpaired) electrons. The fourth-order valence-electron chi connectivity index (χ4n) is 1.21. The lowest BCUT2D eigenvalue weighted by atomic mass is 10.2. The lowest BCUT2D eigenvalue weighted by Crippen LogP contribution is -2.12. The van der Waals surface area contributed by atoms with Crippen molar-refractivity contribution in [1.82, 2.24) is 9.97 Å². The van der Waals surface area contributed by atoms with Gasteiger partial charge >= 0.3 is 5.97 Å². The van der Waals surface area contributed by atoms with Crippen molar-refractivity contribution in [2.24, 2.45) is 0 Å². The number of ether oxygens (including phenoxy) is 2. The second-order valence-corrected chi connectivity index (χ2v) is 3.07. The maximum absolute atomic E-state index is 11.6. The van der Waals surface area contributed by atoms with Gasteiger partial charge in [-0.3, -0.25) is 0 Å². The maximum Gasteiger partial charge on any atom is 0.342 e. The highest BCUT2D eigenvalue weighted by Gasteiger charge is 2.18. The first kappa shape index (κ1) is 13.0. The van der Waals surface area contributed by atoms with Crippen LogP contribution in [-0.2, 0) is 9.47 Å². The van der Waals surface area contributed by atoms with E-state index in [4.69, 9.17) is 15.2 Å². The molecule has 0 amide bonds. The van der Waals surface area contributed by atoms with Crippen molar-refractivity contribution in [1.29, 1.82) is 0 Å². The molecule has 0 aliphatic heterocycles. The zero-order valence-corrected chi connectivity index (χ0v) is 9.90. The van der Waals surface area contributed by atoms with E-state index in [1.807, 2.05) is 0 Å². The van der Waals surface area contributed by atoms with Gasteiger partial charge in [0.15, 0.2) is 0 Å². The van der Waals surface area contributed by atoms with Gasteiger partial charge in [0.2, 0.25) is 5.95 Å². The van der Waals surface area contributed by atoms with Crippen LogP contribution in [0.3, 0.4) is 0 Å². The van der Waals surface area contributed by atoms with E-state index in [1.54, 1.807) is 13.8 Å². The topological polar surface area (TPSA) is 87.3 Å². The second kappa shape index (κ2) is 5.83. The monoisotopic (exact) mass is 237 g/mol. The van der Waals surface area contributed by atoms with Crippen LogP contribution in [0.25, 0.3) is 5.76 Å². The molecular formula is C11H15N3O3. The van der Waals surface area contributed by atoms with Gasteiger partial charge in [-0.1, -0.05) is 6.58 Å². The number of anilines is 1. The highest BCUT2D eigenvalue weighted by molar-refractivity contribution is 5.93. The summed E-state index contributed by atoms with van der Waals surface area (Å²) in [5.74, 6) is -0.207. The molecule has 0 unspecified atom stereocenters. The normalized spacial score (nSPS) is 9.76. The Bertz CT molecular complexity index is 432. The lowest BCUT2D eigenvalue weighted by molar-refractivity contribution is 0.0524. The zero-order chi connectivity index (χ0) is 12.8. The van der Waals surface area contributed by atoms with Gasteiger partial charge < -0.3 is 15.2 Å². The Morgan fingerprint density at radius 3 is 2.65 bits per heavy atom. The minimum Gasteiger partial charge on any atom is -0.492 e. The number of aromatic nitrogens is 2. The van der Waals surface area contributed by atoms with Crippen LogP contribution in [0.2, 0.25) is 0 Å². The van der Waals surface area contributed by atoms with E-state index < -0.39 is 5.97 Å². The number of carbonyl (C=O) groups is 1. The predicted octanol–water partition coefficient (Wildman–Crippen LogP) is 1.24. The summed E-state index contributed by atoms with van der Waals surface area (Å²) in [7, 11) is 0. The van der Waals surface area contributed by atoms with Crippen LogP contribution in [0.1, 0.15) is 29.9 Å². The number of hydrogen-bond donors (Lipinski definition) is 1. The SMILES string of the molecule is C=C(OCC)c1nc(N)ncc1C(=O)OCC. The molecular weight excluding hydrogens is 222 g/mol.